The Hall–Kier alpha value is -2.88. The summed E-state index contributed by atoms with van der Waals surface area (Å²) in [5.41, 5.74) is 9.52. The number of piperidine rings is 1. The number of fused-ring (bicyclic) bond motifs is 2. The molecule has 2 aliphatic rings. The van der Waals surface area contributed by atoms with E-state index in [0.29, 0.717) is 18.2 Å². The van der Waals surface area contributed by atoms with Crippen molar-refractivity contribution in [1.29, 1.82) is 0 Å². The van der Waals surface area contributed by atoms with Gasteiger partial charge in [0.2, 0.25) is 5.95 Å². The third kappa shape index (κ3) is 4.75. The van der Waals surface area contributed by atoms with E-state index >= 15 is 0 Å². The highest BCUT2D eigenvalue weighted by atomic mass is 16.3. The number of aliphatic hydroxyl groups is 1. The van der Waals surface area contributed by atoms with Crippen LogP contribution in [0.5, 0.6) is 0 Å². The number of nitrogens with one attached hydrogen (secondary N) is 1. The maximum absolute atomic E-state index is 10.1. The highest BCUT2D eigenvalue weighted by Gasteiger charge is 2.20. The lowest BCUT2D eigenvalue weighted by atomic mass is 10.1. The van der Waals surface area contributed by atoms with Gasteiger partial charge in [-0.25, -0.2) is 19.9 Å². The van der Waals surface area contributed by atoms with Gasteiger partial charge < -0.3 is 21.1 Å². The summed E-state index contributed by atoms with van der Waals surface area (Å²) in [5.74, 6) is 2.07. The van der Waals surface area contributed by atoms with E-state index in [1.165, 1.54) is 12.0 Å². The standard InChI is InChI=1S/C24H32N8O/c1-16(33)20-13-18-14-26-24(30-22(18)23(28-20)32-9-3-2-4-10-32)29-21-6-5-17-15-31(12-8-25)11-7-19(17)27-21/h5-6,13-14,16,33H,2-4,7-12,15,25H2,1H3,(H,26,27,29,30)/t16-/m1/s1. The monoisotopic (exact) mass is 448 g/mol. The van der Waals surface area contributed by atoms with E-state index in [4.69, 9.17) is 20.7 Å². The van der Waals surface area contributed by atoms with Crippen LogP contribution in [0, 0.1) is 0 Å². The molecule has 1 atom stereocenters. The molecule has 1 fully saturated rings. The summed E-state index contributed by atoms with van der Waals surface area (Å²) in [5, 5.41) is 14.3. The van der Waals surface area contributed by atoms with E-state index in [0.717, 1.165) is 80.2 Å². The molecule has 0 saturated carbocycles. The molecule has 174 valence electrons. The van der Waals surface area contributed by atoms with E-state index in [1.807, 2.05) is 12.1 Å². The van der Waals surface area contributed by atoms with Crippen LogP contribution < -0.4 is 16.0 Å². The molecule has 2 aliphatic heterocycles. The number of rotatable bonds is 6. The normalized spacial score (nSPS) is 17.7. The number of hydrogen-bond acceptors (Lipinski definition) is 9. The zero-order chi connectivity index (χ0) is 22.8. The van der Waals surface area contributed by atoms with Gasteiger partial charge in [0.05, 0.1) is 11.8 Å². The number of aliphatic hydroxyl groups excluding tert-OH is 1. The molecule has 5 rings (SSSR count). The fourth-order valence-electron chi connectivity index (χ4n) is 4.68. The second-order valence-corrected chi connectivity index (χ2v) is 8.97. The minimum Gasteiger partial charge on any atom is -0.387 e. The van der Waals surface area contributed by atoms with E-state index < -0.39 is 6.10 Å². The predicted octanol–water partition coefficient (Wildman–Crippen LogP) is 2.52. The van der Waals surface area contributed by atoms with Gasteiger partial charge in [0.15, 0.2) is 5.82 Å². The molecule has 0 aliphatic carbocycles. The minimum absolute atomic E-state index is 0.500. The second kappa shape index (κ2) is 9.54. The Morgan fingerprint density at radius 2 is 1.97 bits per heavy atom. The fraction of sp³-hybridized carbons (Fsp3) is 0.500. The van der Waals surface area contributed by atoms with Crippen molar-refractivity contribution in [3.05, 3.63) is 41.3 Å². The zero-order valence-corrected chi connectivity index (χ0v) is 19.2. The SMILES string of the molecule is C[C@@H](O)c1cc2cnc(Nc3ccc4c(n3)CCN(CCN)C4)nc2c(N2CCCCC2)n1. The first-order chi connectivity index (χ1) is 16.1. The summed E-state index contributed by atoms with van der Waals surface area (Å²) in [6, 6.07) is 5.99. The van der Waals surface area contributed by atoms with Crippen LogP contribution in [0.1, 0.15) is 49.2 Å². The number of pyridine rings is 2. The first-order valence-corrected chi connectivity index (χ1v) is 11.9. The molecule has 0 unspecified atom stereocenters. The van der Waals surface area contributed by atoms with Gasteiger partial charge in [-0.3, -0.25) is 4.90 Å². The highest BCUT2D eigenvalue weighted by molar-refractivity contribution is 5.89. The van der Waals surface area contributed by atoms with Gasteiger partial charge in [-0.05, 0) is 43.9 Å². The van der Waals surface area contributed by atoms with E-state index in [9.17, 15) is 5.11 Å². The summed E-state index contributed by atoms with van der Waals surface area (Å²) in [6.07, 6.45) is 5.58. The molecule has 3 aromatic rings. The van der Waals surface area contributed by atoms with Crippen molar-refractivity contribution < 1.29 is 5.11 Å². The number of nitrogens with zero attached hydrogens (tertiary/aromatic N) is 6. The van der Waals surface area contributed by atoms with Crippen molar-refractivity contribution in [1.82, 2.24) is 24.8 Å². The van der Waals surface area contributed by atoms with E-state index in [-0.39, 0.29) is 0 Å². The molecule has 9 heteroatoms. The lowest BCUT2D eigenvalue weighted by molar-refractivity contribution is 0.194. The van der Waals surface area contributed by atoms with Crippen LogP contribution in [-0.2, 0) is 13.0 Å². The highest BCUT2D eigenvalue weighted by Crippen LogP contribution is 2.29. The number of hydrogen-bond donors (Lipinski definition) is 3. The molecule has 3 aromatic heterocycles. The molecule has 1 saturated heterocycles. The minimum atomic E-state index is -0.642. The molecular weight excluding hydrogens is 416 g/mol. The zero-order valence-electron chi connectivity index (χ0n) is 19.2. The topological polar surface area (TPSA) is 116 Å². The van der Waals surface area contributed by atoms with Crippen LogP contribution in [0.4, 0.5) is 17.6 Å². The van der Waals surface area contributed by atoms with Crippen LogP contribution in [-0.4, -0.2) is 62.7 Å². The number of aromatic nitrogens is 4. The van der Waals surface area contributed by atoms with Crippen molar-refractivity contribution >= 4 is 28.5 Å². The van der Waals surface area contributed by atoms with Gasteiger partial charge in [0.1, 0.15) is 11.3 Å². The van der Waals surface area contributed by atoms with Crippen molar-refractivity contribution in [3.63, 3.8) is 0 Å². The smallest absolute Gasteiger partial charge is 0.229 e. The Morgan fingerprint density at radius 1 is 1.12 bits per heavy atom. The summed E-state index contributed by atoms with van der Waals surface area (Å²) < 4.78 is 0. The van der Waals surface area contributed by atoms with Gasteiger partial charge in [-0.2, -0.15) is 0 Å². The van der Waals surface area contributed by atoms with Gasteiger partial charge in [-0.1, -0.05) is 6.07 Å². The molecule has 0 radical (unpaired) electrons. The van der Waals surface area contributed by atoms with Crippen LogP contribution in [0.25, 0.3) is 10.9 Å². The Morgan fingerprint density at radius 3 is 2.76 bits per heavy atom. The maximum Gasteiger partial charge on any atom is 0.229 e. The average molecular weight is 449 g/mol. The lowest BCUT2D eigenvalue weighted by Gasteiger charge is -2.29. The first-order valence-electron chi connectivity index (χ1n) is 11.9. The van der Waals surface area contributed by atoms with Crippen LogP contribution in [0.15, 0.2) is 24.4 Å². The Balaban J connectivity index is 1.44. The number of nitrogens with two attached hydrogens (primary N) is 1. The molecule has 0 bridgehead atoms. The van der Waals surface area contributed by atoms with Crippen LogP contribution >= 0.6 is 0 Å². The Kier molecular flexibility index (Phi) is 6.34. The quantitative estimate of drug-likeness (QED) is 0.523. The van der Waals surface area contributed by atoms with E-state index in [2.05, 4.69) is 26.2 Å². The van der Waals surface area contributed by atoms with Gasteiger partial charge in [0, 0.05) is 63.0 Å². The molecule has 5 heterocycles. The van der Waals surface area contributed by atoms with Gasteiger partial charge in [-0.15, -0.1) is 0 Å². The maximum atomic E-state index is 10.1. The summed E-state index contributed by atoms with van der Waals surface area (Å²) in [6.45, 7) is 7.09. The third-order valence-electron chi connectivity index (χ3n) is 6.46. The van der Waals surface area contributed by atoms with Crippen molar-refractivity contribution in [2.24, 2.45) is 5.73 Å². The molecule has 33 heavy (non-hydrogen) atoms. The Bertz CT molecular complexity index is 1130. The first kappa shape index (κ1) is 21.9. The molecule has 0 spiro atoms. The summed E-state index contributed by atoms with van der Waals surface area (Å²) >= 11 is 0. The van der Waals surface area contributed by atoms with Crippen molar-refractivity contribution in [3.8, 4) is 0 Å². The third-order valence-corrected chi connectivity index (χ3v) is 6.46. The number of anilines is 3. The fourth-order valence-corrected chi connectivity index (χ4v) is 4.68. The molecular formula is C24H32N8O. The molecule has 4 N–H and O–H groups in total. The van der Waals surface area contributed by atoms with Crippen molar-refractivity contribution in [2.45, 2.75) is 45.3 Å². The van der Waals surface area contributed by atoms with Crippen LogP contribution in [0.2, 0.25) is 0 Å². The molecule has 0 amide bonds. The second-order valence-electron chi connectivity index (χ2n) is 8.97. The largest absolute Gasteiger partial charge is 0.387 e. The van der Waals surface area contributed by atoms with Crippen molar-refractivity contribution in [2.75, 3.05) is 42.9 Å². The molecule has 0 aromatic carbocycles. The lowest BCUT2D eigenvalue weighted by Crippen LogP contribution is -2.34. The average Bonchev–Trinajstić information content (AvgIpc) is 2.84. The van der Waals surface area contributed by atoms with Gasteiger partial charge >= 0.3 is 0 Å². The summed E-state index contributed by atoms with van der Waals surface area (Å²) in [7, 11) is 0. The van der Waals surface area contributed by atoms with E-state index in [1.54, 1.807) is 13.1 Å². The summed E-state index contributed by atoms with van der Waals surface area (Å²) in [4.78, 5) is 23.6. The van der Waals surface area contributed by atoms with Crippen LogP contribution in [0.3, 0.4) is 0 Å². The predicted molar refractivity (Wildman–Crippen MR) is 130 cm³/mol. The molecule has 9 nitrogen and oxygen atoms in total. The Labute approximate surface area is 194 Å². The van der Waals surface area contributed by atoms with Gasteiger partial charge in [0.25, 0.3) is 0 Å².